The van der Waals surface area contributed by atoms with Crippen molar-refractivity contribution in [2.75, 3.05) is 18.8 Å². The average molecular weight is 521 g/mol. The fourth-order valence-electron chi connectivity index (χ4n) is 5.73. The monoisotopic (exact) mass is 520 g/mol. The number of nitrogens with zero attached hydrogens (tertiary/aromatic N) is 1. The minimum Gasteiger partial charge on any atom is -0.392 e. The molecular weight excluding hydrogens is 484 g/mol. The first-order valence-corrected chi connectivity index (χ1v) is 15.1. The standard InChI is InChI=1S/C30H36N2O4S/c33-26(21-37(35,36)27-13-12-23-7-2-3-8-24(23)18-27)19-30(34)31-29-10-6-9-25-17-22(11-14-28(25)29)20-32-15-4-1-5-16-32/h2-3,7-8,11-14,17-18,26,29,33H,1,4-6,9-10,15-16,19-21H2,(H,31,34)/t26?,29-/m1/s1. The summed E-state index contributed by atoms with van der Waals surface area (Å²) >= 11 is 0. The Labute approximate surface area is 219 Å². The van der Waals surface area contributed by atoms with Crippen LogP contribution in [0.4, 0.5) is 0 Å². The number of likely N-dealkylation sites (tertiary alicyclic amines) is 1. The number of amides is 1. The van der Waals surface area contributed by atoms with Crippen LogP contribution < -0.4 is 5.32 Å². The molecule has 0 radical (unpaired) electrons. The van der Waals surface area contributed by atoms with Crippen LogP contribution in [-0.4, -0.2) is 49.3 Å². The van der Waals surface area contributed by atoms with Crippen molar-refractivity contribution in [2.45, 2.75) is 68.5 Å². The average Bonchev–Trinajstić information content (AvgIpc) is 2.88. The molecule has 1 fully saturated rings. The molecule has 1 amide bonds. The number of aliphatic hydroxyl groups is 1. The third-order valence-electron chi connectivity index (χ3n) is 7.62. The van der Waals surface area contributed by atoms with Crippen LogP contribution in [0.3, 0.4) is 0 Å². The van der Waals surface area contributed by atoms with Crippen molar-refractivity contribution in [2.24, 2.45) is 0 Å². The molecule has 0 spiro atoms. The van der Waals surface area contributed by atoms with E-state index in [0.717, 1.165) is 55.2 Å². The van der Waals surface area contributed by atoms with Crippen molar-refractivity contribution < 1.29 is 18.3 Å². The van der Waals surface area contributed by atoms with Crippen LogP contribution >= 0.6 is 0 Å². The van der Waals surface area contributed by atoms with E-state index in [0.29, 0.717) is 0 Å². The molecule has 2 atom stereocenters. The van der Waals surface area contributed by atoms with E-state index < -0.39 is 21.7 Å². The SMILES string of the molecule is O=C(CC(O)CS(=O)(=O)c1ccc2ccccc2c1)N[C@@H]1CCCc2cc(CN3CCCCC3)ccc21. The van der Waals surface area contributed by atoms with Crippen LogP contribution in [0.1, 0.15) is 61.3 Å². The van der Waals surface area contributed by atoms with Crippen molar-refractivity contribution >= 4 is 26.5 Å². The second-order valence-electron chi connectivity index (χ2n) is 10.5. The summed E-state index contributed by atoms with van der Waals surface area (Å²) in [5.74, 6) is -0.809. The molecule has 7 heteroatoms. The Morgan fingerprint density at radius 1 is 0.973 bits per heavy atom. The largest absolute Gasteiger partial charge is 0.392 e. The maximum Gasteiger partial charge on any atom is 0.223 e. The van der Waals surface area contributed by atoms with E-state index in [1.165, 1.54) is 30.4 Å². The van der Waals surface area contributed by atoms with E-state index in [9.17, 15) is 18.3 Å². The van der Waals surface area contributed by atoms with Crippen LogP contribution in [0.15, 0.2) is 65.6 Å². The molecule has 1 aliphatic heterocycles. The Morgan fingerprint density at radius 2 is 1.76 bits per heavy atom. The summed E-state index contributed by atoms with van der Waals surface area (Å²) in [6.45, 7) is 3.30. The molecule has 0 saturated carbocycles. The van der Waals surface area contributed by atoms with Crippen LogP contribution in [0.5, 0.6) is 0 Å². The van der Waals surface area contributed by atoms with E-state index in [1.807, 2.05) is 24.3 Å². The molecule has 1 saturated heterocycles. The fourth-order valence-corrected chi connectivity index (χ4v) is 7.13. The van der Waals surface area contributed by atoms with Crippen molar-refractivity contribution in [3.63, 3.8) is 0 Å². The number of hydrogen-bond acceptors (Lipinski definition) is 5. The molecule has 196 valence electrons. The summed E-state index contributed by atoms with van der Waals surface area (Å²) in [5.41, 5.74) is 3.74. The molecule has 6 nitrogen and oxygen atoms in total. The highest BCUT2D eigenvalue weighted by molar-refractivity contribution is 7.91. The lowest BCUT2D eigenvalue weighted by Gasteiger charge is -2.29. The number of fused-ring (bicyclic) bond motifs is 2. The summed E-state index contributed by atoms with van der Waals surface area (Å²) < 4.78 is 25.8. The summed E-state index contributed by atoms with van der Waals surface area (Å²) in [5, 5.41) is 15.3. The third-order valence-corrected chi connectivity index (χ3v) is 9.42. The van der Waals surface area contributed by atoms with Gasteiger partial charge in [0.15, 0.2) is 9.84 Å². The maximum atomic E-state index is 12.9. The van der Waals surface area contributed by atoms with E-state index in [1.54, 1.807) is 18.2 Å². The van der Waals surface area contributed by atoms with Crippen LogP contribution in [0.25, 0.3) is 10.8 Å². The smallest absolute Gasteiger partial charge is 0.223 e. The Bertz CT molecular complexity index is 1370. The van der Waals surface area contributed by atoms with E-state index in [2.05, 4.69) is 28.4 Å². The lowest BCUT2D eigenvalue weighted by atomic mass is 9.86. The third kappa shape index (κ3) is 6.40. The summed E-state index contributed by atoms with van der Waals surface area (Å²) in [7, 11) is -3.73. The molecule has 2 aliphatic rings. The molecule has 5 rings (SSSR count). The summed E-state index contributed by atoms with van der Waals surface area (Å²) in [4.78, 5) is 15.5. The number of sulfone groups is 1. The van der Waals surface area contributed by atoms with Gasteiger partial charge in [0, 0.05) is 6.54 Å². The van der Waals surface area contributed by atoms with Crippen LogP contribution in [0.2, 0.25) is 0 Å². The van der Waals surface area contributed by atoms with Crippen LogP contribution in [0, 0.1) is 0 Å². The zero-order valence-electron chi connectivity index (χ0n) is 21.2. The fraction of sp³-hybridized carbons (Fsp3) is 0.433. The number of rotatable bonds is 8. The number of carbonyl (C=O) groups is 1. The molecule has 0 bridgehead atoms. The molecule has 0 aromatic heterocycles. The van der Waals surface area contributed by atoms with Gasteiger partial charge in [0.2, 0.25) is 5.91 Å². The van der Waals surface area contributed by atoms with Gasteiger partial charge < -0.3 is 10.4 Å². The first-order chi connectivity index (χ1) is 17.9. The van der Waals surface area contributed by atoms with Gasteiger partial charge in [-0.3, -0.25) is 9.69 Å². The lowest BCUT2D eigenvalue weighted by molar-refractivity contribution is -0.123. The van der Waals surface area contributed by atoms with Gasteiger partial charge in [0.25, 0.3) is 0 Å². The van der Waals surface area contributed by atoms with Crippen molar-refractivity contribution in [3.05, 3.63) is 77.4 Å². The molecule has 2 N–H and O–H groups in total. The lowest BCUT2D eigenvalue weighted by Crippen LogP contribution is -2.35. The maximum absolute atomic E-state index is 12.9. The van der Waals surface area contributed by atoms with E-state index >= 15 is 0 Å². The number of aryl methyl sites for hydroxylation is 1. The molecule has 1 aliphatic carbocycles. The van der Waals surface area contributed by atoms with E-state index in [-0.39, 0.29) is 23.3 Å². The van der Waals surface area contributed by atoms with Gasteiger partial charge in [-0.15, -0.1) is 0 Å². The molecule has 3 aromatic rings. The van der Waals surface area contributed by atoms with Gasteiger partial charge in [-0.25, -0.2) is 8.42 Å². The minimum absolute atomic E-state index is 0.107. The second kappa shape index (κ2) is 11.3. The van der Waals surface area contributed by atoms with Gasteiger partial charge in [-0.2, -0.15) is 0 Å². The number of nitrogens with one attached hydrogen (secondary N) is 1. The zero-order valence-corrected chi connectivity index (χ0v) is 22.1. The number of piperidine rings is 1. The summed E-state index contributed by atoms with van der Waals surface area (Å²) in [6, 6.07) is 19.0. The van der Waals surface area contributed by atoms with Gasteiger partial charge in [0.05, 0.1) is 29.2 Å². The second-order valence-corrected chi connectivity index (χ2v) is 12.6. The van der Waals surface area contributed by atoms with Crippen molar-refractivity contribution in [3.8, 4) is 0 Å². The first kappa shape index (κ1) is 25.9. The minimum atomic E-state index is -3.73. The van der Waals surface area contributed by atoms with E-state index in [4.69, 9.17) is 0 Å². The van der Waals surface area contributed by atoms with Gasteiger partial charge in [-0.05, 0) is 84.8 Å². The summed E-state index contributed by atoms with van der Waals surface area (Å²) in [6.07, 6.45) is 5.19. The quantitative estimate of drug-likeness (QED) is 0.455. The Morgan fingerprint density at radius 3 is 2.57 bits per heavy atom. The Kier molecular flexibility index (Phi) is 7.93. The molecule has 1 heterocycles. The molecule has 1 unspecified atom stereocenters. The number of benzene rings is 3. The van der Waals surface area contributed by atoms with Gasteiger partial charge in [0.1, 0.15) is 0 Å². The predicted molar refractivity (Wildman–Crippen MR) is 146 cm³/mol. The molecule has 3 aromatic carbocycles. The highest BCUT2D eigenvalue weighted by Gasteiger charge is 2.26. The zero-order chi connectivity index (χ0) is 25.8. The molecular formula is C30H36N2O4S. The van der Waals surface area contributed by atoms with Gasteiger partial charge >= 0.3 is 0 Å². The number of carbonyl (C=O) groups excluding carboxylic acids is 1. The first-order valence-electron chi connectivity index (χ1n) is 13.4. The number of aliphatic hydroxyl groups excluding tert-OH is 1. The highest BCUT2D eigenvalue weighted by atomic mass is 32.2. The predicted octanol–water partition coefficient (Wildman–Crippen LogP) is 4.54. The highest BCUT2D eigenvalue weighted by Crippen LogP contribution is 2.31. The van der Waals surface area contributed by atoms with Crippen molar-refractivity contribution in [1.82, 2.24) is 10.2 Å². The van der Waals surface area contributed by atoms with Crippen LogP contribution in [-0.2, 0) is 27.6 Å². The normalized spacial score (nSPS) is 19.3. The Balaban J connectivity index is 1.19. The van der Waals surface area contributed by atoms with Gasteiger partial charge in [-0.1, -0.05) is 55.0 Å². The number of hydrogen-bond donors (Lipinski definition) is 2. The molecule has 37 heavy (non-hydrogen) atoms. The van der Waals surface area contributed by atoms with Crippen molar-refractivity contribution in [1.29, 1.82) is 0 Å². The topological polar surface area (TPSA) is 86.7 Å². The Hall–Kier alpha value is -2.74.